The van der Waals surface area contributed by atoms with Gasteiger partial charge in [-0.05, 0) is 16.6 Å². The molecule has 2 rings (SSSR count). The van der Waals surface area contributed by atoms with Crippen LogP contribution in [0.2, 0.25) is 16.6 Å². The third-order valence-electron chi connectivity index (χ3n) is 4.67. The first-order valence-electron chi connectivity index (χ1n) is 7.67. The van der Waals surface area contributed by atoms with Crippen LogP contribution in [0, 0.1) is 0 Å². The Labute approximate surface area is 127 Å². The Morgan fingerprint density at radius 1 is 1.19 bits per heavy atom. The molecule has 2 atom stereocenters. The highest BCUT2D eigenvalue weighted by Gasteiger charge is 2.53. The Kier molecular flexibility index (Phi) is 4.58. The van der Waals surface area contributed by atoms with Crippen molar-refractivity contribution in [2.24, 2.45) is 0 Å². The molecule has 5 nitrogen and oxygen atoms in total. The van der Waals surface area contributed by atoms with Crippen molar-refractivity contribution in [3.63, 3.8) is 0 Å². The van der Waals surface area contributed by atoms with E-state index >= 15 is 0 Å². The molecule has 118 valence electrons. The fourth-order valence-electron chi connectivity index (χ4n) is 3.72. The minimum atomic E-state index is -2.08. The topological polar surface area (TPSA) is 64.4 Å². The number of carbonyl (C=O) groups excluding carboxylic acids is 1. The number of carbonyl (C=O) groups is 1. The molecule has 0 radical (unpaired) electrons. The van der Waals surface area contributed by atoms with E-state index in [1.165, 1.54) is 6.39 Å². The van der Waals surface area contributed by atoms with Gasteiger partial charge in [-0.25, -0.2) is 4.98 Å². The summed E-state index contributed by atoms with van der Waals surface area (Å²) in [7, 11) is -2.08. The molecule has 0 bridgehead atoms. The lowest BCUT2D eigenvalue weighted by Crippen LogP contribution is -2.63. The Balaban J connectivity index is 2.25. The van der Waals surface area contributed by atoms with Crippen molar-refractivity contribution < 1.29 is 13.6 Å². The number of nitrogens with one attached hydrogen (secondary N) is 1. The number of hydrogen-bond donors (Lipinski definition) is 1. The summed E-state index contributed by atoms with van der Waals surface area (Å²) in [6.07, 6.45) is 2.52. The molecule has 1 aromatic rings. The number of amides is 1. The van der Waals surface area contributed by atoms with Gasteiger partial charge in [-0.15, -0.1) is 0 Å². The van der Waals surface area contributed by atoms with Crippen LogP contribution in [0.4, 0.5) is 0 Å². The number of rotatable bonds is 6. The van der Waals surface area contributed by atoms with Crippen LogP contribution in [-0.4, -0.2) is 25.3 Å². The molecule has 1 amide bonds. The molecule has 1 N–H and O–H groups in total. The Bertz CT molecular complexity index is 463. The SMILES string of the molecule is CC(C)[Si](O[C@@H]1C(=O)N[C@@H]1c1cocn1)(C(C)C)C(C)C. The van der Waals surface area contributed by atoms with E-state index in [1.807, 2.05) is 0 Å². The van der Waals surface area contributed by atoms with Gasteiger partial charge in [0.2, 0.25) is 8.32 Å². The summed E-state index contributed by atoms with van der Waals surface area (Å²) in [5.41, 5.74) is 2.08. The average molecular weight is 310 g/mol. The Morgan fingerprint density at radius 2 is 1.76 bits per heavy atom. The van der Waals surface area contributed by atoms with Gasteiger partial charge in [0.05, 0.1) is 0 Å². The summed E-state index contributed by atoms with van der Waals surface area (Å²) < 4.78 is 11.6. The average Bonchev–Trinajstić information content (AvgIpc) is 2.88. The first kappa shape index (κ1) is 16.2. The molecule has 1 aliphatic rings. The van der Waals surface area contributed by atoms with Gasteiger partial charge in [0.15, 0.2) is 12.5 Å². The lowest BCUT2D eigenvalue weighted by Gasteiger charge is -2.48. The Morgan fingerprint density at radius 3 is 2.14 bits per heavy atom. The first-order chi connectivity index (χ1) is 9.80. The molecule has 0 saturated carbocycles. The van der Waals surface area contributed by atoms with E-state index < -0.39 is 14.4 Å². The normalized spacial score (nSPS) is 22.8. The second-order valence-corrected chi connectivity index (χ2v) is 12.2. The van der Waals surface area contributed by atoms with Crippen LogP contribution in [0.1, 0.15) is 53.3 Å². The highest BCUT2D eigenvalue weighted by atomic mass is 28.4. The minimum Gasteiger partial charge on any atom is -0.451 e. The molecular weight excluding hydrogens is 284 g/mol. The summed E-state index contributed by atoms with van der Waals surface area (Å²) in [6.45, 7) is 13.3. The molecule has 0 aliphatic carbocycles. The summed E-state index contributed by atoms with van der Waals surface area (Å²) in [4.78, 5) is 16.2. The first-order valence-corrected chi connectivity index (χ1v) is 9.81. The number of β-lactam (4-membered cyclic amide) rings is 1. The molecule has 0 spiro atoms. The molecule has 1 aliphatic heterocycles. The van der Waals surface area contributed by atoms with E-state index in [1.54, 1.807) is 6.26 Å². The predicted octanol–water partition coefficient (Wildman–Crippen LogP) is 3.41. The van der Waals surface area contributed by atoms with Gasteiger partial charge in [-0.1, -0.05) is 41.5 Å². The monoisotopic (exact) mass is 310 g/mol. The summed E-state index contributed by atoms with van der Waals surface area (Å²) in [5, 5.41) is 2.87. The van der Waals surface area contributed by atoms with Crippen LogP contribution < -0.4 is 5.32 Å². The van der Waals surface area contributed by atoms with Gasteiger partial charge in [-0.3, -0.25) is 4.79 Å². The van der Waals surface area contributed by atoms with Gasteiger partial charge in [-0.2, -0.15) is 0 Å². The summed E-state index contributed by atoms with van der Waals surface area (Å²) in [5.74, 6) is -0.0400. The van der Waals surface area contributed by atoms with Crippen molar-refractivity contribution in [1.82, 2.24) is 10.3 Å². The van der Waals surface area contributed by atoms with Gasteiger partial charge < -0.3 is 14.2 Å². The second kappa shape index (κ2) is 5.92. The molecular formula is C15H26N2O3Si. The van der Waals surface area contributed by atoms with Crippen molar-refractivity contribution in [1.29, 1.82) is 0 Å². The fourth-order valence-corrected chi connectivity index (χ4v) is 9.22. The largest absolute Gasteiger partial charge is 0.451 e. The lowest BCUT2D eigenvalue weighted by molar-refractivity contribution is -0.141. The van der Waals surface area contributed by atoms with E-state index in [9.17, 15) is 4.79 Å². The van der Waals surface area contributed by atoms with Crippen molar-refractivity contribution in [2.75, 3.05) is 0 Å². The molecule has 1 saturated heterocycles. The van der Waals surface area contributed by atoms with Crippen LogP contribution in [0.3, 0.4) is 0 Å². The smallest absolute Gasteiger partial charge is 0.251 e. The van der Waals surface area contributed by atoms with Gasteiger partial charge >= 0.3 is 0 Å². The standard InChI is InChI=1S/C15H26N2O3Si/c1-9(2)21(10(3)4,11(5)6)20-14-13(17-15(14)18)12-7-19-8-16-12/h7-11,13-14H,1-6H3,(H,17,18)/t13-,14+/m1/s1. The maximum atomic E-state index is 12.0. The predicted molar refractivity (Wildman–Crippen MR) is 83.3 cm³/mol. The van der Waals surface area contributed by atoms with Crippen LogP contribution >= 0.6 is 0 Å². The summed E-state index contributed by atoms with van der Waals surface area (Å²) >= 11 is 0. The third-order valence-corrected chi connectivity index (χ3v) is 10.7. The molecule has 0 unspecified atom stereocenters. The highest BCUT2D eigenvalue weighted by molar-refractivity contribution is 6.77. The van der Waals surface area contributed by atoms with Crippen LogP contribution in [0.25, 0.3) is 0 Å². The zero-order valence-electron chi connectivity index (χ0n) is 13.7. The van der Waals surface area contributed by atoms with E-state index in [0.29, 0.717) is 16.6 Å². The van der Waals surface area contributed by atoms with Crippen LogP contribution in [0.5, 0.6) is 0 Å². The van der Waals surface area contributed by atoms with E-state index in [2.05, 4.69) is 51.8 Å². The fraction of sp³-hybridized carbons (Fsp3) is 0.733. The van der Waals surface area contributed by atoms with E-state index in [-0.39, 0.29) is 11.9 Å². The molecule has 21 heavy (non-hydrogen) atoms. The van der Waals surface area contributed by atoms with Gasteiger partial charge in [0, 0.05) is 0 Å². The van der Waals surface area contributed by atoms with Crippen LogP contribution in [0.15, 0.2) is 17.1 Å². The van der Waals surface area contributed by atoms with Crippen molar-refractivity contribution in [3.05, 3.63) is 18.4 Å². The quantitative estimate of drug-likeness (QED) is 0.646. The number of aromatic nitrogens is 1. The van der Waals surface area contributed by atoms with Gasteiger partial charge in [0.1, 0.15) is 18.0 Å². The zero-order chi connectivity index (χ0) is 15.8. The molecule has 2 heterocycles. The van der Waals surface area contributed by atoms with E-state index in [4.69, 9.17) is 8.84 Å². The Hall–Kier alpha value is -1.14. The zero-order valence-corrected chi connectivity index (χ0v) is 14.7. The number of hydrogen-bond acceptors (Lipinski definition) is 4. The van der Waals surface area contributed by atoms with Gasteiger partial charge in [0.25, 0.3) is 5.91 Å². The third kappa shape index (κ3) is 2.66. The molecule has 1 aromatic heterocycles. The molecule has 0 aromatic carbocycles. The molecule has 6 heteroatoms. The number of oxazole rings is 1. The minimum absolute atomic E-state index is 0.0400. The van der Waals surface area contributed by atoms with Crippen LogP contribution in [-0.2, 0) is 9.22 Å². The summed E-state index contributed by atoms with van der Waals surface area (Å²) in [6, 6.07) is -0.181. The lowest BCUT2D eigenvalue weighted by atomic mass is 10.00. The number of nitrogens with zero attached hydrogens (tertiary/aromatic N) is 1. The molecule has 1 fully saturated rings. The van der Waals surface area contributed by atoms with Crippen molar-refractivity contribution in [3.8, 4) is 0 Å². The highest BCUT2D eigenvalue weighted by Crippen LogP contribution is 2.45. The van der Waals surface area contributed by atoms with E-state index in [0.717, 1.165) is 5.69 Å². The second-order valence-electron chi connectivity index (χ2n) is 6.76. The van der Waals surface area contributed by atoms with Crippen molar-refractivity contribution in [2.45, 2.75) is 70.3 Å². The van der Waals surface area contributed by atoms with Crippen molar-refractivity contribution >= 4 is 14.2 Å². The maximum absolute atomic E-state index is 12.0. The maximum Gasteiger partial charge on any atom is 0.251 e.